The molecule has 4 aliphatic rings. The number of nitrogen functional groups attached to an aromatic ring is 2. The van der Waals surface area contributed by atoms with Crippen LogP contribution in [0.15, 0.2) is 82.6 Å². The zero-order valence-electron chi connectivity index (χ0n) is 46.9. The number of fused-ring (bicyclic) bond motifs is 4. The van der Waals surface area contributed by atoms with Gasteiger partial charge < -0.3 is 20.9 Å². The molecule has 28 heteroatoms. The number of sulfonamides is 2. The molecule has 6 aromatic carbocycles. The number of ether oxygens (including phenoxy) is 2. The zero-order chi connectivity index (χ0) is 64.5. The molecule has 1 unspecified atom stereocenters. The van der Waals surface area contributed by atoms with E-state index in [0.29, 0.717) is 44.8 Å². The highest BCUT2D eigenvalue weighted by Gasteiger charge is 2.56. The molecule has 1 atom stereocenters. The fourth-order valence-electron chi connectivity index (χ4n) is 10.9. The van der Waals surface area contributed by atoms with Gasteiger partial charge in [-0.3, -0.25) is 24.1 Å². The smallest absolute Gasteiger partial charge is 0.398 e. The maximum absolute atomic E-state index is 14.9. The molecule has 0 fully saturated rings. The van der Waals surface area contributed by atoms with Crippen molar-refractivity contribution in [3.63, 3.8) is 0 Å². The fourth-order valence-corrected chi connectivity index (χ4v) is 13.1. The Bertz CT molecular complexity index is 4280. The average Bonchev–Trinajstić information content (AvgIpc) is 1.54. The summed E-state index contributed by atoms with van der Waals surface area (Å²) in [6.07, 6.45) is -9.78. The van der Waals surface area contributed by atoms with Crippen LogP contribution in [0, 0.1) is 48.5 Å². The van der Waals surface area contributed by atoms with Gasteiger partial charge >= 0.3 is 36.2 Å². The predicted octanol–water partition coefficient (Wildman–Crippen LogP) is 8.06. The number of carbonyl (C=O) groups excluding carboxylic acids is 8. The van der Waals surface area contributed by atoms with Crippen molar-refractivity contribution in [2.75, 3.05) is 23.4 Å². The first kappa shape index (κ1) is 62.9. The number of hydrogen-bond acceptors (Lipinski definition) is 16. The average molecular weight is 1230 g/mol. The lowest BCUT2D eigenvalue weighted by Crippen LogP contribution is -2.41. The number of esters is 4. The van der Waals surface area contributed by atoms with Crippen LogP contribution in [-0.2, 0) is 40.4 Å². The van der Waals surface area contributed by atoms with Gasteiger partial charge in [-0.1, -0.05) is 24.3 Å². The minimum atomic E-state index is -4.94. The van der Waals surface area contributed by atoms with Crippen molar-refractivity contribution in [3.05, 3.63) is 179 Å². The van der Waals surface area contributed by atoms with Crippen LogP contribution in [0.2, 0.25) is 0 Å². The van der Waals surface area contributed by atoms with Gasteiger partial charge in [0, 0.05) is 18.4 Å². The molecule has 10 rings (SSSR count). The number of halogens is 6. The molecular weight excluding hydrogens is 1180 g/mol. The summed E-state index contributed by atoms with van der Waals surface area (Å²) in [5.41, 5.74) is 6.92. The Balaban J connectivity index is 0.000000190. The molecule has 0 saturated carbocycles. The van der Waals surface area contributed by atoms with Crippen LogP contribution < -0.4 is 26.6 Å². The van der Waals surface area contributed by atoms with Gasteiger partial charge in [0.1, 0.15) is 10.8 Å². The van der Waals surface area contributed by atoms with Crippen molar-refractivity contribution < 1.29 is 91.0 Å². The second-order valence-corrected chi connectivity index (χ2v) is 24.1. The number of amides is 4. The topological polar surface area (TPSA) is 334 Å². The van der Waals surface area contributed by atoms with Gasteiger partial charge in [-0.25, -0.2) is 51.2 Å². The minimum absolute atomic E-state index is 0.00983. The molecule has 20 nitrogen and oxygen atoms in total. The van der Waals surface area contributed by atoms with Crippen molar-refractivity contribution in [3.8, 4) is 0 Å². The normalized spacial score (nSPS) is 15.6. The first-order chi connectivity index (χ1) is 39.5. The van der Waals surface area contributed by atoms with Gasteiger partial charge in [-0.15, -0.1) is 0 Å². The van der Waals surface area contributed by atoms with E-state index >= 15 is 0 Å². The SMILES string of the molecule is CC(c1ccc2c(c1)C(=O)OC2=O)(c1ccc2c(c1)C(=O)OC2=O)C(F)(F)F.Cc1c(C)c(N2C(=O)c3ccc(C(C)(c4ccc5c(c4)C(=O)N(C)C5=O)C(F)(F)F)cc3C2=O)c(C)c(S(N)(=O)=O)c1C.Cc1c(N)c(C)c(S(N)(=O)=O)c(C)c1N. The molecule has 0 saturated heterocycles. The standard InChI is InChI=1S/C30H26F3N3O6S.C19H9F3O6.C9H15N3O2S/c1-13-14(2)23(16(4)24(15(13)3)43(34,41)42)36-27(39)20-10-8-18(12-22(20)28(36)40)29(5,30(31,32)33)17-7-9-19-21(11-17)26(38)35(6)25(19)37;1-18(19(20,21)22,8-2-4-10-12(6-8)16(25)27-14(10)23)9-3-5-11-13(7-9)17(26)28-15(11)24;1-4-7(10)5(2)9(15(12,13)14)6(3)8(4)11/h7-12H,1-6H3,(H2,34,41,42);2-7H,1H3;10-11H2,1-3H3,(H2,12,13,14). The zero-order valence-corrected chi connectivity index (χ0v) is 48.6. The Morgan fingerprint density at radius 2 is 0.698 bits per heavy atom. The van der Waals surface area contributed by atoms with E-state index in [1.807, 2.05) is 0 Å². The predicted molar refractivity (Wildman–Crippen MR) is 295 cm³/mol. The van der Waals surface area contributed by atoms with Crippen molar-refractivity contribution in [2.45, 2.75) is 95.3 Å². The number of hydrogen-bond donors (Lipinski definition) is 4. The second kappa shape index (κ2) is 20.8. The van der Waals surface area contributed by atoms with Gasteiger partial charge in [0.25, 0.3) is 23.6 Å². The van der Waals surface area contributed by atoms with E-state index in [1.165, 1.54) is 14.0 Å². The number of alkyl halides is 6. The summed E-state index contributed by atoms with van der Waals surface area (Å²) in [5.74, 6) is -7.07. The Morgan fingerprint density at radius 3 is 1.07 bits per heavy atom. The van der Waals surface area contributed by atoms with Crippen LogP contribution in [0.3, 0.4) is 0 Å². The highest BCUT2D eigenvalue weighted by molar-refractivity contribution is 7.89. The first-order valence-corrected chi connectivity index (χ1v) is 28.3. The largest absolute Gasteiger partial charge is 0.402 e. The van der Waals surface area contributed by atoms with Crippen molar-refractivity contribution >= 4 is 84.6 Å². The molecule has 0 radical (unpaired) electrons. The monoisotopic (exact) mass is 1230 g/mol. The molecule has 0 spiro atoms. The van der Waals surface area contributed by atoms with E-state index in [9.17, 15) is 81.5 Å². The number of rotatable bonds is 7. The number of cyclic esters (lactones) is 4. The number of primary sulfonamides is 2. The number of nitrogens with two attached hydrogens (primary N) is 4. The molecule has 8 N–H and O–H groups in total. The molecule has 86 heavy (non-hydrogen) atoms. The molecular formula is C58H50F6N6O14S2. The molecule has 0 aliphatic carbocycles. The summed E-state index contributed by atoms with van der Waals surface area (Å²) in [4.78, 5) is 100. The van der Waals surface area contributed by atoms with E-state index in [1.54, 1.807) is 41.5 Å². The summed E-state index contributed by atoms with van der Waals surface area (Å²) in [5, 5.41) is 10.6. The lowest BCUT2D eigenvalue weighted by Gasteiger charge is -2.33. The number of nitrogens with zero attached hydrogens (tertiary/aromatic N) is 2. The highest BCUT2D eigenvalue weighted by atomic mass is 32.2. The Hall–Kier alpha value is -9.12. The summed E-state index contributed by atoms with van der Waals surface area (Å²) in [6.45, 7) is 12.9. The van der Waals surface area contributed by atoms with Crippen LogP contribution in [0.1, 0.15) is 158 Å². The van der Waals surface area contributed by atoms with E-state index in [2.05, 4.69) is 9.47 Å². The Kier molecular flexibility index (Phi) is 15.2. The number of anilines is 3. The summed E-state index contributed by atoms with van der Waals surface area (Å²) >= 11 is 0. The fraction of sp³-hybridized carbons (Fsp3) is 0.241. The lowest BCUT2D eigenvalue weighted by atomic mass is 9.74. The minimum Gasteiger partial charge on any atom is -0.398 e. The van der Waals surface area contributed by atoms with E-state index < -0.39 is 90.7 Å². The van der Waals surface area contributed by atoms with Gasteiger partial charge in [0.2, 0.25) is 20.0 Å². The number of carbonyl (C=O) groups is 8. The highest BCUT2D eigenvalue weighted by Crippen LogP contribution is 2.50. The van der Waals surface area contributed by atoms with E-state index in [0.717, 1.165) is 96.4 Å². The van der Waals surface area contributed by atoms with Crippen LogP contribution in [0.4, 0.5) is 43.4 Å². The molecule has 6 aromatic rings. The molecule has 4 aliphatic heterocycles. The van der Waals surface area contributed by atoms with Gasteiger partial charge in [-0.05, 0) is 172 Å². The van der Waals surface area contributed by atoms with Crippen molar-refractivity contribution in [1.82, 2.24) is 4.90 Å². The summed E-state index contributed by atoms with van der Waals surface area (Å²) in [6, 6.07) is 12.7. The van der Waals surface area contributed by atoms with Crippen LogP contribution in [0.25, 0.3) is 0 Å². The quantitative estimate of drug-likeness (QED) is 0.0386. The van der Waals surface area contributed by atoms with Gasteiger partial charge in [-0.2, -0.15) is 26.3 Å². The summed E-state index contributed by atoms with van der Waals surface area (Å²) < 4.78 is 144. The second-order valence-electron chi connectivity index (χ2n) is 21.1. The van der Waals surface area contributed by atoms with Crippen molar-refractivity contribution in [1.29, 1.82) is 0 Å². The Morgan fingerprint density at radius 1 is 0.395 bits per heavy atom. The Labute approximate surface area is 486 Å². The maximum atomic E-state index is 14.9. The van der Waals surface area contributed by atoms with Gasteiger partial charge in [0.15, 0.2) is 0 Å². The number of imide groups is 2. The molecule has 450 valence electrons. The third kappa shape index (κ3) is 9.74. The lowest BCUT2D eigenvalue weighted by molar-refractivity contribution is -0.173. The molecule has 4 amide bonds. The molecule has 4 heterocycles. The third-order valence-electron chi connectivity index (χ3n) is 16.3. The van der Waals surface area contributed by atoms with E-state index in [4.69, 9.17) is 21.7 Å². The van der Waals surface area contributed by atoms with Crippen LogP contribution in [-0.4, -0.2) is 88.6 Å². The van der Waals surface area contributed by atoms with E-state index in [-0.39, 0.29) is 87.8 Å². The third-order valence-corrected chi connectivity index (χ3v) is 18.7. The molecule has 0 aromatic heterocycles. The van der Waals surface area contributed by atoms with Gasteiger partial charge in [0.05, 0.1) is 60.0 Å². The summed E-state index contributed by atoms with van der Waals surface area (Å²) in [7, 11) is -6.83. The maximum Gasteiger partial charge on any atom is 0.402 e. The van der Waals surface area contributed by atoms with Crippen LogP contribution >= 0.6 is 0 Å². The first-order valence-electron chi connectivity index (χ1n) is 25.2. The van der Waals surface area contributed by atoms with Crippen molar-refractivity contribution in [2.24, 2.45) is 10.3 Å². The van der Waals surface area contributed by atoms with Crippen LogP contribution in [0.5, 0.6) is 0 Å². The molecule has 0 bridgehead atoms. The number of benzene rings is 6.